The van der Waals surface area contributed by atoms with Crippen LogP contribution in [-0.4, -0.2) is 47.8 Å². The molecule has 1 aliphatic heterocycles. The molecule has 31 heavy (non-hydrogen) atoms. The Bertz CT molecular complexity index is 876. The first-order valence-electron chi connectivity index (χ1n) is 10.2. The van der Waals surface area contributed by atoms with E-state index in [0.29, 0.717) is 5.56 Å². The van der Waals surface area contributed by atoms with Gasteiger partial charge in [-0.15, -0.1) is 0 Å². The van der Waals surface area contributed by atoms with E-state index in [4.69, 9.17) is 4.74 Å². The van der Waals surface area contributed by atoms with Crippen LogP contribution in [0.3, 0.4) is 0 Å². The van der Waals surface area contributed by atoms with Gasteiger partial charge in [0.2, 0.25) is 0 Å². The quantitative estimate of drug-likeness (QED) is 0.724. The summed E-state index contributed by atoms with van der Waals surface area (Å²) in [4.78, 5) is 14.7. The number of rotatable bonds is 6. The van der Waals surface area contributed by atoms with Crippen molar-refractivity contribution in [1.29, 1.82) is 0 Å². The monoisotopic (exact) mass is 436 g/mol. The molecule has 1 heterocycles. The average molecular weight is 436 g/mol. The van der Waals surface area contributed by atoms with Gasteiger partial charge in [0.05, 0.1) is 23.9 Å². The molecule has 168 valence electrons. The van der Waals surface area contributed by atoms with Crippen LogP contribution in [0, 0.1) is 0 Å². The molecule has 3 rings (SSSR count). The molecule has 1 saturated heterocycles. The van der Waals surface area contributed by atoms with Crippen LogP contribution in [0.2, 0.25) is 0 Å². The van der Waals surface area contributed by atoms with Gasteiger partial charge in [-0.25, -0.2) is 0 Å². The van der Waals surface area contributed by atoms with Crippen LogP contribution >= 0.6 is 0 Å². The predicted molar refractivity (Wildman–Crippen MR) is 110 cm³/mol. The predicted octanol–water partition coefficient (Wildman–Crippen LogP) is 3.78. The molecule has 0 aliphatic carbocycles. The lowest BCUT2D eigenvalue weighted by molar-refractivity contribution is -0.137. The minimum Gasteiger partial charge on any atom is -0.387 e. The maximum atomic E-state index is 12.8. The number of carbonyl (C=O) groups is 1. The number of alkyl halides is 3. The van der Waals surface area contributed by atoms with Crippen LogP contribution in [0.4, 0.5) is 13.2 Å². The number of morpholine rings is 1. The summed E-state index contributed by atoms with van der Waals surface area (Å²) in [7, 11) is 0. The fraction of sp³-hybridized carbons (Fsp3) is 0.435. The number of benzene rings is 2. The van der Waals surface area contributed by atoms with Gasteiger partial charge in [0, 0.05) is 31.7 Å². The Labute approximate surface area is 179 Å². The van der Waals surface area contributed by atoms with Gasteiger partial charge in [0.15, 0.2) is 0 Å². The molecule has 3 atom stereocenters. The van der Waals surface area contributed by atoms with Gasteiger partial charge < -0.3 is 15.2 Å². The third-order valence-corrected chi connectivity index (χ3v) is 5.17. The smallest absolute Gasteiger partial charge is 0.387 e. The van der Waals surface area contributed by atoms with E-state index in [1.165, 1.54) is 12.1 Å². The van der Waals surface area contributed by atoms with Gasteiger partial charge in [0.1, 0.15) is 0 Å². The maximum absolute atomic E-state index is 12.8. The number of amides is 1. The first-order chi connectivity index (χ1) is 14.6. The summed E-state index contributed by atoms with van der Waals surface area (Å²) in [5, 5.41) is 12.7. The van der Waals surface area contributed by atoms with Crippen LogP contribution in [0.25, 0.3) is 0 Å². The van der Waals surface area contributed by atoms with Crippen molar-refractivity contribution in [2.24, 2.45) is 0 Å². The molecular formula is C23H27F3N2O3. The summed E-state index contributed by atoms with van der Waals surface area (Å²) in [6, 6.07) is 11.6. The molecule has 1 aliphatic rings. The van der Waals surface area contributed by atoms with Crippen molar-refractivity contribution in [2.75, 3.05) is 19.6 Å². The van der Waals surface area contributed by atoms with Crippen LogP contribution in [0.15, 0.2) is 48.5 Å². The summed E-state index contributed by atoms with van der Waals surface area (Å²) in [5.41, 5.74) is 0.750. The van der Waals surface area contributed by atoms with E-state index in [1.54, 1.807) is 12.1 Å². The lowest BCUT2D eigenvalue weighted by Gasteiger charge is -2.35. The lowest BCUT2D eigenvalue weighted by atomic mass is 10.1. The van der Waals surface area contributed by atoms with Crippen molar-refractivity contribution in [2.45, 2.75) is 44.9 Å². The number of hydrogen-bond donors (Lipinski definition) is 2. The molecule has 0 spiro atoms. The van der Waals surface area contributed by atoms with E-state index in [-0.39, 0.29) is 24.3 Å². The van der Waals surface area contributed by atoms with Gasteiger partial charge in [-0.1, -0.05) is 24.3 Å². The van der Waals surface area contributed by atoms with Gasteiger partial charge in [-0.3, -0.25) is 9.69 Å². The lowest BCUT2D eigenvalue weighted by Crippen LogP contribution is -2.44. The Hall–Kier alpha value is -2.42. The third kappa shape index (κ3) is 6.53. The second-order valence-corrected chi connectivity index (χ2v) is 8.00. The summed E-state index contributed by atoms with van der Waals surface area (Å²) < 4.78 is 44.2. The first-order valence-corrected chi connectivity index (χ1v) is 10.2. The second kappa shape index (κ2) is 9.80. The average Bonchev–Trinajstić information content (AvgIpc) is 2.71. The number of nitrogens with zero attached hydrogens (tertiary/aromatic N) is 1. The molecule has 2 aromatic carbocycles. The highest BCUT2D eigenvalue weighted by Crippen LogP contribution is 2.30. The maximum Gasteiger partial charge on any atom is 0.416 e. The Morgan fingerprint density at radius 2 is 1.81 bits per heavy atom. The number of aliphatic hydroxyl groups is 1. The van der Waals surface area contributed by atoms with E-state index in [0.717, 1.165) is 37.3 Å². The van der Waals surface area contributed by atoms with E-state index < -0.39 is 23.8 Å². The van der Waals surface area contributed by atoms with Crippen LogP contribution in [0.5, 0.6) is 0 Å². The fourth-order valence-electron chi connectivity index (χ4n) is 3.76. The van der Waals surface area contributed by atoms with E-state index in [2.05, 4.69) is 10.2 Å². The number of ether oxygens (including phenoxy) is 1. The number of halogens is 3. The molecule has 1 fully saturated rings. The Morgan fingerprint density at radius 3 is 2.42 bits per heavy atom. The summed E-state index contributed by atoms with van der Waals surface area (Å²) in [6.07, 6.45) is -5.37. The molecular weight excluding hydrogens is 409 g/mol. The van der Waals surface area contributed by atoms with Crippen LogP contribution in [0.1, 0.15) is 47.0 Å². The second-order valence-electron chi connectivity index (χ2n) is 8.00. The molecule has 0 saturated carbocycles. The molecule has 8 heteroatoms. The van der Waals surface area contributed by atoms with Crippen molar-refractivity contribution < 1.29 is 27.8 Å². The van der Waals surface area contributed by atoms with E-state index >= 15 is 0 Å². The Kier molecular flexibility index (Phi) is 7.35. The standard InChI is InChI=1S/C23H27F3N2O3/c1-15-12-28(13-16(2)31-15)14-17-6-8-18(9-7-17)22(30)27-11-21(29)19-4-3-5-20(10-19)23(24,25)26/h3-10,15-16,21,29H,11-14H2,1-2H3,(H,27,30). The molecule has 0 bridgehead atoms. The van der Waals surface area contributed by atoms with Gasteiger partial charge in [-0.05, 0) is 49.2 Å². The van der Waals surface area contributed by atoms with Gasteiger partial charge in [-0.2, -0.15) is 13.2 Å². The number of aliphatic hydroxyl groups excluding tert-OH is 1. The summed E-state index contributed by atoms with van der Waals surface area (Å²) >= 11 is 0. The SMILES string of the molecule is CC1CN(Cc2ccc(C(=O)NCC(O)c3cccc(C(F)(F)F)c3)cc2)CC(C)O1. The molecule has 0 radical (unpaired) electrons. The van der Waals surface area contributed by atoms with Crippen molar-refractivity contribution >= 4 is 5.91 Å². The Morgan fingerprint density at radius 1 is 1.16 bits per heavy atom. The first kappa shape index (κ1) is 23.2. The highest BCUT2D eigenvalue weighted by atomic mass is 19.4. The third-order valence-electron chi connectivity index (χ3n) is 5.17. The zero-order chi connectivity index (χ0) is 22.6. The highest BCUT2D eigenvalue weighted by molar-refractivity contribution is 5.94. The van der Waals surface area contributed by atoms with Crippen molar-refractivity contribution in [3.8, 4) is 0 Å². The van der Waals surface area contributed by atoms with Gasteiger partial charge in [0.25, 0.3) is 5.91 Å². The minimum atomic E-state index is -4.49. The summed E-state index contributed by atoms with van der Waals surface area (Å²) in [5.74, 6) is -0.397. The topological polar surface area (TPSA) is 61.8 Å². The highest BCUT2D eigenvalue weighted by Gasteiger charge is 2.31. The zero-order valence-electron chi connectivity index (χ0n) is 17.5. The largest absolute Gasteiger partial charge is 0.416 e. The molecule has 0 aromatic heterocycles. The molecule has 2 N–H and O–H groups in total. The normalized spacial score (nSPS) is 21.0. The zero-order valence-corrected chi connectivity index (χ0v) is 17.5. The summed E-state index contributed by atoms with van der Waals surface area (Å²) in [6.45, 7) is 6.35. The molecule has 2 aromatic rings. The minimum absolute atomic E-state index is 0.0967. The van der Waals surface area contributed by atoms with Crippen LogP contribution in [-0.2, 0) is 17.5 Å². The Balaban J connectivity index is 1.54. The van der Waals surface area contributed by atoms with Gasteiger partial charge >= 0.3 is 6.18 Å². The van der Waals surface area contributed by atoms with E-state index in [9.17, 15) is 23.1 Å². The molecule has 5 nitrogen and oxygen atoms in total. The molecule has 1 amide bonds. The fourth-order valence-corrected chi connectivity index (χ4v) is 3.76. The van der Waals surface area contributed by atoms with Crippen molar-refractivity contribution in [3.05, 3.63) is 70.8 Å². The number of nitrogens with one attached hydrogen (secondary N) is 1. The van der Waals surface area contributed by atoms with Crippen LogP contribution < -0.4 is 5.32 Å². The molecule has 3 unspecified atom stereocenters. The number of carbonyl (C=O) groups excluding carboxylic acids is 1. The number of hydrogen-bond acceptors (Lipinski definition) is 4. The van der Waals surface area contributed by atoms with Crippen molar-refractivity contribution in [3.63, 3.8) is 0 Å². The van der Waals surface area contributed by atoms with Crippen molar-refractivity contribution in [1.82, 2.24) is 10.2 Å². The van der Waals surface area contributed by atoms with E-state index in [1.807, 2.05) is 26.0 Å².